The first-order valence-corrected chi connectivity index (χ1v) is 2.26. The topological polar surface area (TPSA) is 66.8 Å². The Kier molecular flexibility index (Phi) is 2.57. The molecule has 0 heterocycles. The van der Waals surface area contributed by atoms with Crippen LogP contribution in [-0.2, 0) is 9.53 Å². The van der Waals surface area contributed by atoms with Gasteiger partial charge in [-0.25, -0.2) is 4.79 Å². The summed E-state index contributed by atoms with van der Waals surface area (Å²) >= 11 is 0. The third-order valence-electron chi connectivity index (χ3n) is 0.727. The molecule has 52 valence electrons. The van der Waals surface area contributed by atoms with Gasteiger partial charge in [0.05, 0.1) is 7.11 Å². The minimum absolute atomic E-state index is 0.329. The third-order valence-corrected chi connectivity index (χ3v) is 0.727. The van der Waals surface area contributed by atoms with Gasteiger partial charge in [-0.05, 0) is 6.92 Å². The molecule has 9 heavy (non-hydrogen) atoms. The second-order valence-corrected chi connectivity index (χ2v) is 1.42. The van der Waals surface area contributed by atoms with Gasteiger partial charge in [-0.2, -0.15) is 0 Å². The maximum absolute atomic E-state index is 10.0. The summed E-state index contributed by atoms with van der Waals surface area (Å²) in [6, 6.07) is 0. The summed E-state index contributed by atoms with van der Waals surface area (Å²) in [7, 11) is 1.18. The van der Waals surface area contributed by atoms with E-state index in [0.717, 1.165) is 0 Å². The minimum atomic E-state index is -1.27. The molecule has 4 heteroatoms. The van der Waals surface area contributed by atoms with Crippen molar-refractivity contribution in [1.82, 2.24) is 0 Å². The highest BCUT2D eigenvalue weighted by molar-refractivity contribution is 5.84. The summed E-state index contributed by atoms with van der Waals surface area (Å²) in [6.07, 6.45) is 0. The van der Waals surface area contributed by atoms with Gasteiger partial charge < -0.3 is 14.9 Å². The Balaban J connectivity index is 4.35. The second kappa shape index (κ2) is 2.96. The molecule has 0 aromatic rings. The Labute approximate surface area is 52.4 Å². The van der Waals surface area contributed by atoms with E-state index in [9.17, 15) is 4.79 Å². The van der Waals surface area contributed by atoms with Crippen LogP contribution < -0.4 is 0 Å². The van der Waals surface area contributed by atoms with Crippen LogP contribution in [0.15, 0.2) is 11.5 Å². The highest BCUT2D eigenvalue weighted by Gasteiger charge is 2.09. The van der Waals surface area contributed by atoms with Gasteiger partial charge in [-0.3, -0.25) is 0 Å². The van der Waals surface area contributed by atoms with E-state index in [1.807, 2.05) is 0 Å². The van der Waals surface area contributed by atoms with Crippen LogP contribution in [-0.4, -0.2) is 23.3 Å². The standard InChI is InChI=1S/C5H8O4/c1-3(6)4(9-2)5(7)8/h6H,1-2H3,(H,7,8)/b4-3+. The maximum atomic E-state index is 10.0. The monoisotopic (exact) mass is 132 g/mol. The number of rotatable bonds is 2. The van der Waals surface area contributed by atoms with Crippen LogP contribution in [0.3, 0.4) is 0 Å². The van der Waals surface area contributed by atoms with Gasteiger partial charge in [0.25, 0.3) is 0 Å². The van der Waals surface area contributed by atoms with Gasteiger partial charge >= 0.3 is 5.97 Å². The predicted octanol–water partition coefficient (Wildman–Crippen LogP) is 0.507. The number of carboxylic acid groups (broad SMARTS) is 1. The van der Waals surface area contributed by atoms with E-state index < -0.39 is 11.7 Å². The van der Waals surface area contributed by atoms with E-state index in [4.69, 9.17) is 10.2 Å². The number of allylic oxidation sites excluding steroid dienone is 1. The van der Waals surface area contributed by atoms with Gasteiger partial charge in [0.1, 0.15) is 5.76 Å². The fraction of sp³-hybridized carbons (Fsp3) is 0.400. The molecule has 0 aliphatic heterocycles. The summed E-state index contributed by atoms with van der Waals surface area (Å²) in [5, 5.41) is 16.8. The Hall–Kier alpha value is -1.19. The number of carbonyl (C=O) groups is 1. The number of aliphatic hydroxyl groups is 1. The number of hydrogen-bond acceptors (Lipinski definition) is 3. The van der Waals surface area contributed by atoms with Gasteiger partial charge in [0, 0.05) is 0 Å². The molecule has 0 amide bonds. The lowest BCUT2D eigenvalue weighted by molar-refractivity contribution is -0.136. The molecule has 0 spiro atoms. The molecule has 0 fully saturated rings. The largest absolute Gasteiger partial charge is 0.508 e. The molecule has 2 N–H and O–H groups in total. The zero-order chi connectivity index (χ0) is 7.44. The van der Waals surface area contributed by atoms with Crippen LogP contribution in [0.1, 0.15) is 6.92 Å². The highest BCUT2D eigenvalue weighted by atomic mass is 16.5. The number of ether oxygens (including phenoxy) is 1. The van der Waals surface area contributed by atoms with E-state index in [2.05, 4.69) is 4.74 Å². The molecule has 0 aromatic heterocycles. The van der Waals surface area contributed by atoms with E-state index in [1.165, 1.54) is 14.0 Å². The smallest absolute Gasteiger partial charge is 0.374 e. The number of carboxylic acids is 1. The zero-order valence-corrected chi connectivity index (χ0v) is 5.21. The first-order valence-electron chi connectivity index (χ1n) is 2.26. The van der Waals surface area contributed by atoms with Crippen LogP contribution in [0.2, 0.25) is 0 Å². The minimum Gasteiger partial charge on any atom is -0.508 e. The molecule has 0 bridgehead atoms. The van der Waals surface area contributed by atoms with Gasteiger partial charge in [-0.15, -0.1) is 0 Å². The highest BCUT2D eigenvalue weighted by Crippen LogP contribution is 1.99. The van der Waals surface area contributed by atoms with Gasteiger partial charge in [0.15, 0.2) is 0 Å². The summed E-state index contributed by atoms with van der Waals surface area (Å²) in [5.74, 6) is -2.02. The van der Waals surface area contributed by atoms with Crippen LogP contribution in [0.5, 0.6) is 0 Å². The quantitative estimate of drug-likeness (QED) is 0.424. The molecular formula is C5H8O4. The van der Waals surface area contributed by atoms with E-state index in [-0.39, 0.29) is 5.76 Å². The van der Waals surface area contributed by atoms with Crippen molar-refractivity contribution in [2.45, 2.75) is 6.92 Å². The molecule has 0 rings (SSSR count). The molecule has 0 aliphatic rings. The molecule has 0 unspecified atom stereocenters. The van der Waals surface area contributed by atoms with Crippen molar-refractivity contribution in [1.29, 1.82) is 0 Å². The predicted molar refractivity (Wildman–Crippen MR) is 30.0 cm³/mol. The van der Waals surface area contributed by atoms with Crippen molar-refractivity contribution in [3.05, 3.63) is 11.5 Å². The molecule has 0 radical (unpaired) electrons. The Bertz CT molecular complexity index is 143. The third kappa shape index (κ3) is 2.03. The molecule has 4 nitrogen and oxygen atoms in total. The van der Waals surface area contributed by atoms with Crippen molar-refractivity contribution >= 4 is 5.97 Å². The molecule has 0 saturated carbocycles. The average molecular weight is 132 g/mol. The number of aliphatic carboxylic acids is 1. The summed E-state index contributed by atoms with van der Waals surface area (Å²) < 4.78 is 4.30. The Morgan fingerprint density at radius 2 is 1.89 bits per heavy atom. The fourth-order valence-corrected chi connectivity index (χ4v) is 0.390. The molecular weight excluding hydrogens is 124 g/mol. The maximum Gasteiger partial charge on any atom is 0.374 e. The van der Waals surface area contributed by atoms with Crippen LogP contribution >= 0.6 is 0 Å². The van der Waals surface area contributed by atoms with Crippen LogP contribution in [0, 0.1) is 0 Å². The number of hydrogen-bond donors (Lipinski definition) is 2. The number of aliphatic hydroxyl groups excluding tert-OH is 1. The average Bonchev–Trinajstić information content (AvgIpc) is 1.64. The Morgan fingerprint density at radius 1 is 1.44 bits per heavy atom. The van der Waals surface area contributed by atoms with Crippen molar-refractivity contribution in [2.24, 2.45) is 0 Å². The van der Waals surface area contributed by atoms with Gasteiger partial charge in [0.2, 0.25) is 5.76 Å². The molecule has 0 saturated heterocycles. The lowest BCUT2D eigenvalue weighted by Gasteiger charge is -1.98. The lowest BCUT2D eigenvalue weighted by Crippen LogP contribution is -2.04. The molecule has 0 aliphatic carbocycles. The van der Waals surface area contributed by atoms with E-state index in [1.54, 1.807) is 0 Å². The van der Waals surface area contributed by atoms with Crippen molar-refractivity contribution < 1.29 is 19.7 Å². The zero-order valence-electron chi connectivity index (χ0n) is 5.21. The first kappa shape index (κ1) is 7.81. The summed E-state index contributed by atoms with van der Waals surface area (Å²) in [5.41, 5.74) is 0. The first-order chi connectivity index (χ1) is 4.09. The molecule has 0 aromatic carbocycles. The van der Waals surface area contributed by atoms with Crippen molar-refractivity contribution in [3.8, 4) is 0 Å². The van der Waals surface area contributed by atoms with E-state index in [0.29, 0.717) is 0 Å². The Morgan fingerprint density at radius 3 is 1.89 bits per heavy atom. The summed E-state index contributed by atoms with van der Waals surface area (Å²) in [6.45, 7) is 1.24. The van der Waals surface area contributed by atoms with E-state index >= 15 is 0 Å². The van der Waals surface area contributed by atoms with Crippen LogP contribution in [0.4, 0.5) is 0 Å². The van der Waals surface area contributed by atoms with Crippen molar-refractivity contribution in [2.75, 3.05) is 7.11 Å². The summed E-state index contributed by atoms with van der Waals surface area (Å²) in [4.78, 5) is 10.0. The molecule has 0 atom stereocenters. The van der Waals surface area contributed by atoms with Crippen LogP contribution in [0.25, 0.3) is 0 Å². The fourth-order valence-electron chi connectivity index (χ4n) is 0.390. The lowest BCUT2D eigenvalue weighted by atomic mass is 10.4. The second-order valence-electron chi connectivity index (χ2n) is 1.42. The SMILES string of the molecule is CO/C(C(=O)O)=C(\C)O. The van der Waals surface area contributed by atoms with Gasteiger partial charge in [-0.1, -0.05) is 0 Å². The number of methoxy groups -OCH3 is 1. The van der Waals surface area contributed by atoms with Crippen molar-refractivity contribution in [3.63, 3.8) is 0 Å². The normalized spacial score (nSPS) is 12.2.